The van der Waals surface area contributed by atoms with Crippen LogP contribution in [0.3, 0.4) is 0 Å². The molecule has 0 saturated heterocycles. The Morgan fingerprint density at radius 1 is 1.31 bits per heavy atom. The van der Waals surface area contributed by atoms with E-state index in [1.807, 2.05) is 25.7 Å². The average molecular weight is 535 g/mol. The van der Waals surface area contributed by atoms with Gasteiger partial charge in [0.2, 0.25) is 5.01 Å². The van der Waals surface area contributed by atoms with Crippen molar-refractivity contribution in [3.63, 3.8) is 0 Å². The molecule has 10 nitrogen and oxygen atoms in total. The lowest BCUT2D eigenvalue weighted by Gasteiger charge is -2.38. The summed E-state index contributed by atoms with van der Waals surface area (Å²) in [6.45, 7) is 8.45. The molecule has 35 heavy (non-hydrogen) atoms. The summed E-state index contributed by atoms with van der Waals surface area (Å²) < 4.78 is 69.6. The van der Waals surface area contributed by atoms with Crippen molar-refractivity contribution in [2.45, 2.75) is 52.1 Å². The van der Waals surface area contributed by atoms with Gasteiger partial charge in [-0.1, -0.05) is 25.2 Å². The van der Waals surface area contributed by atoms with E-state index in [0.29, 0.717) is 18.7 Å². The SMILES string of the molecule is CCOC(=O)c1nnc(N=Nc2cc3c(cc2NS(=O)(=O)C(F)(F)F)N(CC(C)C)C(C)CC3)s1. The number of esters is 1. The summed E-state index contributed by atoms with van der Waals surface area (Å²) in [4.78, 5) is 13.8. The lowest BCUT2D eigenvalue weighted by atomic mass is 9.94. The van der Waals surface area contributed by atoms with Gasteiger partial charge in [-0.25, -0.2) is 4.79 Å². The predicted octanol–water partition coefficient (Wildman–Crippen LogP) is 5.19. The van der Waals surface area contributed by atoms with E-state index in [1.165, 1.54) is 12.1 Å². The summed E-state index contributed by atoms with van der Waals surface area (Å²) in [7, 11) is -5.71. The number of alkyl halides is 3. The molecule has 1 aliphatic rings. The maximum atomic E-state index is 13.1. The van der Waals surface area contributed by atoms with E-state index in [1.54, 1.807) is 11.6 Å². The predicted molar refractivity (Wildman–Crippen MR) is 125 cm³/mol. The lowest BCUT2D eigenvalue weighted by Crippen LogP contribution is -2.39. The third kappa shape index (κ3) is 6.25. The Morgan fingerprint density at radius 3 is 2.66 bits per heavy atom. The van der Waals surface area contributed by atoms with Crippen LogP contribution >= 0.6 is 11.3 Å². The molecule has 3 rings (SSSR count). The molecule has 1 N–H and O–H groups in total. The highest BCUT2D eigenvalue weighted by atomic mass is 32.2. The first-order chi connectivity index (χ1) is 16.3. The number of fused-ring (bicyclic) bond motifs is 1. The van der Waals surface area contributed by atoms with Crippen LogP contribution in [0.5, 0.6) is 0 Å². The number of carbonyl (C=O) groups excluding carboxylic acids is 1. The number of anilines is 2. The van der Waals surface area contributed by atoms with E-state index in [0.717, 1.165) is 23.3 Å². The van der Waals surface area contributed by atoms with Gasteiger partial charge in [-0.05, 0) is 50.3 Å². The molecule has 2 aromatic rings. The molecule has 0 radical (unpaired) electrons. The maximum Gasteiger partial charge on any atom is 0.516 e. The number of benzene rings is 1. The third-order valence-corrected chi connectivity index (χ3v) is 6.97. The molecule has 0 aliphatic carbocycles. The third-order valence-electron chi connectivity index (χ3n) is 5.09. The minimum absolute atomic E-state index is 0.0505. The number of ether oxygens (including phenoxy) is 1. The highest BCUT2D eigenvalue weighted by Gasteiger charge is 2.46. The molecule has 1 atom stereocenters. The largest absolute Gasteiger partial charge is 0.516 e. The first-order valence-electron chi connectivity index (χ1n) is 10.8. The zero-order valence-electron chi connectivity index (χ0n) is 19.5. The number of hydrogen-bond donors (Lipinski definition) is 1. The molecular formula is C20H25F3N6O4S2. The molecular weight excluding hydrogens is 509 g/mol. The lowest BCUT2D eigenvalue weighted by molar-refractivity contribution is -0.0429. The molecule has 0 amide bonds. The number of sulfonamides is 1. The van der Waals surface area contributed by atoms with Crippen LogP contribution < -0.4 is 9.62 Å². The van der Waals surface area contributed by atoms with Gasteiger partial charge in [-0.2, -0.15) is 21.6 Å². The minimum Gasteiger partial charge on any atom is -0.461 e. The minimum atomic E-state index is -5.71. The van der Waals surface area contributed by atoms with Crippen LogP contribution in [0.15, 0.2) is 22.4 Å². The van der Waals surface area contributed by atoms with E-state index in [4.69, 9.17) is 4.74 Å². The number of halogens is 3. The molecule has 0 bridgehead atoms. The Morgan fingerprint density at radius 2 is 2.03 bits per heavy atom. The van der Waals surface area contributed by atoms with Gasteiger partial charge in [-0.15, -0.1) is 20.4 Å². The summed E-state index contributed by atoms with van der Waals surface area (Å²) >= 11 is 0.776. The number of nitrogens with one attached hydrogen (secondary N) is 1. The van der Waals surface area contributed by atoms with Gasteiger partial charge in [0.05, 0.1) is 12.3 Å². The highest BCUT2D eigenvalue weighted by Crippen LogP contribution is 2.41. The summed E-state index contributed by atoms with van der Waals surface area (Å²) in [5.41, 5.74) is -4.57. The van der Waals surface area contributed by atoms with Crippen LogP contribution in [0.4, 0.5) is 35.4 Å². The van der Waals surface area contributed by atoms with E-state index in [9.17, 15) is 26.4 Å². The number of azo groups is 1. The van der Waals surface area contributed by atoms with Gasteiger partial charge in [0.1, 0.15) is 5.69 Å². The number of carbonyl (C=O) groups is 1. The van der Waals surface area contributed by atoms with Gasteiger partial charge in [0, 0.05) is 18.3 Å². The average Bonchev–Trinajstić information content (AvgIpc) is 3.23. The molecule has 1 aromatic carbocycles. The maximum absolute atomic E-state index is 13.1. The monoisotopic (exact) mass is 534 g/mol. The van der Waals surface area contributed by atoms with Crippen molar-refractivity contribution in [3.05, 3.63) is 22.7 Å². The second-order valence-electron chi connectivity index (χ2n) is 8.29. The summed E-state index contributed by atoms with van der Waals surface area (Å²) in [6.07, 6.45) is 1.44. The van der Waals surface area contributed by atoms with E-state index in [-0.39, 0.29) is 40.1 Å². The van der Waals surface area contributed by atoms with Gasteiger partial charge in [-0.3, -0.25) is 4.72 Å². The standard InChI is InChI=1S/C20H25F3N6O4S2/c1-5-33-18(30)17-25-27-19(34-17)26-24-14-8-13-7-6-12(4)29(10-11(2)3)16(13)9-15(14)28-35(31,32)20(21,22)23/h8-9,11-12,28H,5-7,10H2,1-4H3. The first-order valence-corrected chi connectivity index (χ1v) is 13.1. The molecule has 0 spiro atoms. The fraction of sp³-hybridized carbons (Fsp3) is 0.550. The van der Waals surface area contributed by atoms with Crippen LogP contribution in [-0.4, -0.2) is 49.3 Å². The van der Waals surface area contributed by atoms with Crippen molar-refractivity contribution < 1.29 is 31.1 Å². The quantitative estimate of drug-likeness (QED) is 0.365. The Hall–Kier alpha value is -2.81. The Balaban J connectivity index is 2.04. The van der Waals surface area contributed by atoms with Crippen LogP contribution in [0.2, 0.25) is 0 Å². The van der Waals surface area contributed by atoms with Crippen molar-refractivity contribution in [3.8, 4) is 0 Å². The van der Waals surface area contributed by atoms with Gasteiger partial charge in [0.15, 0.2) is 0 Å². The molecule has 15 heteroatoms. The number of aryl methyl sites for hydroxylation is 1. The number of hydrogen-bond acceptors (Lipinski definition) is 10. The number of rotatable bonds is 8. The summed E-state index contributed by atoms with van der Waals surface area (Å²) in [6, 6.07) is 2.99. The van der Waals surface area contributed by atoms with Crippen molar-refractivity contribution in [1.29, 1.82) is 0 Å². The second kappa shape index (κ2) is 10.4. The Labute approximate surface area is 204 Å². The van der Waals surface area contributed by atoms with E-state index < -0.39 is 21.5 Å². The normalized spacial score (nSPS) is 16.6. The van der Waals surface area contributed by atoms with Gasteiger partial charge >= 0.3 is 21.5 Å². The fourth-order valence-corrected chi connectivity index (χ4v) is 4.64. The molecule has 1 aliphatic heterocycles. The molecule has 2 heterocycles. The van der Waals surface area contributed by atoms with Crippen molar-refractivity contribution >= 4 is 49.5 Å². The zero-order chi connectivity index (χ0) is 26.0. The topological polar surface area (TPSA) is 126 Å². The molecule has 1 aromatic heterocycles. The van der Waals surface area contributed by atoms with Crippen LogP contribution in [0.25, 0.3) is 0 Å². The summed E-state index contributed by atoms with van der Waals surface area (Å²) in [5.74, 6) is -0.428. The highest BCUT2D eigenvalue weighted by molar-refractivity contribution is 7.93. The van der Waals surface area contributed by atoms with E-state index >= 15 is 0 Å². The number of aromatic nitrogens is 2. The van der Waals surface area contributed by atoms with Gasteiger partial charge < -0.3 is 9.64 Å². The first kappa shape index (κ1) is 26.8. The van der Waals surface area contributed by atoms with Crippen molar-refractivity contribution in [2.24, 2.45) is 16.1 Å². The van der Waals surface area contributed by atoms with Crippen molar-refractivity contribution in [2.75, 3.05) is 22.8 Å². The van der Waals surface area contributed by atoms with E-state index in [2.05, 4.69) is 20.4 Å². The number of nitrogens with zero attached hydrogens (tertiary/aromatic N) is 5. The summed E-state index contributed by atoms with van der Waals surface area (Å²) in [5, 5.41) is 15.0. The Kier molecular flexibility index (Phi) is 7.99. The van der Waals surface area contributed by atoms with Crippen molar-refractivity contribution in [1.82, 2.24) is 10.2 Å². The van der Waals surface area contributed by atoms with Gasteiger partial charge in [0.25, 0.3) is 5.13 Å². The molecule has 192 valence electrons. The second-order valence-corrected chi connectivity index (χ2v) is 10.9. The Bertz CT molecular complexity index is 1210. The van der Waals surface area contributed by atoms with Crippen LogP contribution in [0, 0.1) is 5.92 Å². The van der Waals surface area contributed by atoms with Crippen LogP contribution in [-0.2, 0) is 21.2 Å². The molecule has 0 fully saturated rings. The smallest absolute Gasteiger partial charge is 0.461 e. The zero-order valence-corrected chi connectivity index (χ0v) is 21.1. The fourth-order valence-electron chi connectivity index (χ4n) is 3.51. The molecule has 0 saturated carbocycles. The van der Waals surface area contributed by atoms with Crippen LogP contribution in [0.1, 0.15) is 49.5 Å². The molecule has 1 unspecified atom stereocenters.